The van der Waals surface area contributed by atoms with E-state index in [4.69, 9.17) is 10.5 Å². The molecule has 0 aliphatic heterocycles. The van der Waals surface area contributed by atoms with Crippen molar-refractivity contribution in [2.75, 3.05) is 6.54 Å². The molecule has 0 bridgehead atoms. The molecule has 0 aromatic heterocycles. The number of nitrogens with two attached hydrogens (primary N) is 1. The first-order chi connectivity index (χ1) is 8.70. The van der Waals surface area contributed by atoms with Crippen LogP contribution >= 0.6 is 15.9 Å². The molecule has 2 atom stereocenters. The minimum absolute atomic E-state index is 0.240. The molecule has 1 fully saturated rings. The maximum atomic E-state index is 13.1. The summed E-state index contributed by atoms with van der Waals surface area (Å²) in [4.78, 5) is 0. The van der Waals surface area contributed by atoms with Crippen molar-refractivity contribution in [3.05, 3.63) is 34.1 Å². The van der Waals surface area contributed by atoms with Crippen molar-refractivity contribution >= 4 is 15.9 Å². The molecule has 0 saturated heterocycles. The Bertz CT molecular complexity index is 399. The van der Waals surface area contributed by atoms with E-state index >= 15 is 0 Å². The molecule has 4 heteroatoms. The SMILES string of the molecule is NCC1CCCCC1OCc1ccc(F)c(Br)c1. The molecule has 1 aromatic carbocycles. The minimum atomic E-state index is -0.240. The number of hydrogen-bond acceptors (Lipinski definition) is 2. The second kappa shape index (κ2) is 6.64. The van der Waals surface area contributed by atoms with E-state index in [0.29, 0.717) is 23.5 Å². The van der Waals surface area contributed by atoms with E-state index < -0.39 is 0 Å². The van der Waals surface area contributed by atoms with Gasteiger partial charge in [-0.2, -0.15) is 0 Å². The second-order valence-corrected chi connectivity index (χ2v) is 5.73. The van der Waals surface area contributed by atoms with Crippen molar-refractivity contribution in [3.8, 4) is 0 Å². The van der Waals surface area contributed by atoms with Gasteiger partial charge in [0.1, 0.15) is 5.82 Å². The van der Waals surface area contributed by atoms with Gasteiger partial charge in [-0.15, -0.1) is 0 Å². The van der Waals surface area contributed by atoms with Crippen molar-refractivity contribution in [1.29, 1.82) is 0 Å². The molecule has 2 N–H and O–H groups in total. The van der Waals surface area contributed by atoms with Gasteiger partial charge in [-0.05, 0) is 58.9 Å². The third-order valence-electron chi connectivity index (χ3n) is 3.59. The number of rotatable bonds is 4. The number of benzene rings is 1. The van der Waals surface area contributed by atoms with E-state index in [2.05, 4.69) is 15.9 Å². The summed E-state index contributed by atoms with van der Waals surface area (Å²) in [6, 6.07) is 5.00. The highest BCUT2D eigenvalue weighted by molar-refractivity contribution is 9.10. The quantitative estimate of drug-likeness (QED) is 0.921. The number of hydrogen-bond donors (Lipinski definition) is 1. The molecule has 1 aromatic rings. The molecule has 0 radical (unpaired) electrons. The van der Waals surface area contributed by atoms with Crippen molar-refractivity contribution in [2.45, 2.75) is 38.4 Å². The Morgan fingerprint density at radius 3 is 2.83 bits per heavy atom. The Labute approximate surface area is 116 Å². The highest BCUT2D eigenvalue weighted by Crippen LogP contribution is 2.27. The molecule has 2 nitrogen and oxygen atoms in total. The molecule has 18 heavy (non-hydrogen) atoms. The Morgan fingerprint density at radius 1 is 1.33 bits per heavy atom. The molecule has 2 rings (SSSR count). The first-order valence-electron chi connectivity index (χ1n) is 6.46. The van der Waals surface area contributed by atoms with Gasteiger partial charge in [-0.1, -0.05) is 18.9 Å². The largest absolute Gasteiger partial charge is 0.373 e. The summed E-state index contributed by atoms with van der Waals surface area (Å²) in [7, 11) is 0. The van der Waals surface area contributed by atoms with Crippen molar-refractivity contribution < 1.29 is 9.13 Å². The van der Waals surface area contributed by atoms with Gasteiger partial charge in [-0.3, -0.25) is 0 Å². The third-order valence-corrected chi connectivity index (χ3v) is 4.20. The van der Waals surface area contributed by atoms with E-state index in [-0.39, 0.29) is 11.9 Å². The summed E-state index contributed by atoms with van der Waals surface area (Å²) in [5.41, 5.74) is 6.76. The Morgan fingerprint density at radius 2 is 2.11 bits per heavy atom. The van der Waals surface area contributed by atoms with E-state index in [1.807, 2.05) is 0 Å². The lowest BCUT2D eigenvalue weighted by Crippen LogP contribution is -2.33. The Hall–Kier alpha value is -0.450. The summed E-state index contributed by atoms with van der Waals surface area (Å²) < 4.78 is 19.5. The highest BCUT2D eigenvalue weighted by Gasteiger charge is 2.24. The van der Waals surface area contributed by atoms with Gasteiger partial charge in [0.05, 0.1) is 17.2 Å². The zero-order valence-corrected chi connectivity index (χ0v) is 12.0. The monoisotopic (exact) mass is 315 g/mol. The van der Waals surface area contributed by atoms with Crippen molar-refractivity contribution in [2.24, 2.45) is 11.7 Å². The van der Waals surface area contributed by atoms with E-state index in [9.17, 15) is 4.39 Å². The van der Waals surface area contributed by atoms with Crippen LogP contribution < -0.4 is 5.73 Å². The summed E-state index contributed by atoms with van der Waals surface area (Å²) in [6.07, 6.45) is 4.98. The van der Waals surface area contributed by atoms with E-state index in [0.717, 1.165) is 18.4 Å². The molecule has 1 aliphatic rings. The average Bonchev–Trinajstić information content (AvgIpc) is 2.40. The standard InChI is InChI=1S/C14H19BrFNO/c15-12-7-10(5-6-13(12)16)9-18-14-4-2-1-3-11(14)8-17/h5-7,11,14H,1-4,8-9,17H2. The fraction of sp³-hybridized carbons (Fsp3) is 0.571. The van der Waals surface area contributed by atoms with E-state index in [1.165, 1.54) is 18.9 Å². The van der Waals surface area contributed by atoms with Crippen molar-refractivity contribution in [1.82, 2.24) is 0 Å². The first kappa shape index (κ1) is 14.0. The Kier molecular flexibility index (Phi) is 5.15. The van der Waals surface area contributed by atoms with Crippen LogP contribution in [0.1, 0.15) is 31.2 Å². The van der Waals surface area contributed by atoms with Gasteiger partial charge in [0.15, 0.2) is 0 Å². The molecule has 0 amide bonds. The van der Waals surface area contributed by atoms with Gasteiger partial charge in [-0.25, -0.2) is 4.39 Å². The highest BCUT2D eigenvalue weighted by atomic mass is 79.9. The third kappa shape index (κ3) is 3.53. The molecule has 0 heterocycles. The molecule has 2 unspecified atom stereocenters. The zero-order chi connectivity index (χ0) is 13.0. The van der Waals surface area contributed by atoms with Crippen molar-refractivity contribution in [3.63, 3.8) is 0 Å². The summed E-state index contributed by atoms with van der Waals surface area (Å²) >= 11 is 3.19. The molecule has 0 spiro atoms. The number of ether oxygens (including phenoxy) is 1. The minimum Gasteiger partial charge on any atom is -0.373 e. The lowest BCUT2D eigenvalue weighted by molar-refractivity contribution is -0.0183. The van der Waals surface area contributed by atoms with Gasteiger partial charge in [0.25, 0.3) is 0 Å². The van der Waals surface area contributed by atoms with Gasteiger partial charge in [0.2, 0.25) is 0 Å². The fourth-order valence-corrected chi connectivity index (χ4v) is 2.92. The topological polar surface area (TPSA) is 35.2 Å². The Balaban J connectivity index is 1.91. The summed E-state index contributed by atoms with van der Waals surface area (Å²) in [6.45, 7) is 1.22. The summed E-state index contributed by atoms with van der Waals surface area (Å²) in [5, 5.41) is 0. The molecule has 100 valence electrons. The molecule has 1 aliphatic carbocycles. The molecule has 1 saturated carbocycles. The lowest BCUT2D eigenvalue weighted by Gasteiger charge is -2.30. The maximum absolute atomic E-state index is 13.1. The van der Waals surface area contributed by atoms with Crippen LogP contribution in [0, 0.1) is 11.7 Å². The van der Waals surface area contributed by atoms with Crippen LogP contribution in [0.4, 0.5) is 4.39 Å². The second-order valence-electron chi connectivity index (χ2n) is 4.88. The average molecular weight is 316 g/mol. The fourth-order valence-electron chi connectivity index (χ4n) is 2.50. The van der Waals surface area contributed by atoms with Crippen LogP contribution in [-0.4, -0.2) is 12.6 Å². The van der Waals surface area contributed by atoms with Gasteiger partial charge >= 0.3 is 0 Å². The first-order valence-corrected chi connectivity index (χ1v) is 7.25. The zero-order valence-electron chi connectivity index (χ0n) is 10.4. The lowest BCUT2D eigenvalue weighted by atomic mass is 9.86. The van der Waals surface area contributed by atoms with Crippen LogP contribution in [0.15, 0.2) is 22.7 Å². The molecular weight excluding hydrogens is 297 g/mol. The van der Waals surface area contributed by atoms with Crippen LogP contribution in [0.3, 0.4) is 0 Å². The van der Waals surface area contributed by atoms with Gasteiger partial charge in [0, 0.05) is 0 Å². The smallest absolute Gasteiger partial charge is 0.137 e. The maximum Gasteiger partial charge on any atom is 0.137 e. The predicted octanol–water partition coefficient (Wildman–Crippen LogP) is 3.62. The van der Waals surface area contributed by atoms with Gasteiger partial charge < -0.3 is 10.5 Å². The van der Waals surface area contributed by atoms with E-state index in [1.54, 1.807) is 12.1 Å². The van der Waals surface area contributed by atoms with Crippen LogP contribution in [0.2, 0.25) is 0 Å². The predicted molar refractivity (Wildman–Crippen MR) is 73.7 cm³/mol. The summed E-state index contributed by atoms with van der Waals surface area (Å²) in [5.74, 6) is 0.235. The number of halogens is 2. The van der Waals surface area contributed by atoms with Crippen LogP contribution in [-0.2, 0) is 11.3 Å². The normalized spacial score (nSPS) is 24.2. The molecular formula is C14H19BrFNO. The van der Waals surface area contributed by atoms with Crippen LogP contribution in [0.25, 0.3) is 0 Å². The van der Waals surface area contributed by atoms with Crippen LogP contribution in [0.5, 0.6) is 0 Å².